The SMILES string of the molecule is CC1(C)CCC[C@]2(C)C(CO)=CCC[C@@H]12. The number of fused-ring (bicyclic) bond motifs is 1. The average Bonchev–Trinajstić information content (AvgIpc) is 2.16. The molecule has 1 saturated carbocycles. The van der Waals surface area contributed by atoms with Gasteiger partial charge in [-0.3, -0.25) is 0 Å². The molecule has 0 unspecified atom stereocenters. The Hall–Kier alpha value is -0.300. The molecule has 1 fully saturated rings. The molecule has 0 heterocycles. The van der Waals surface area contributed by atoms with E-state index >= 15 is 0 Å². The summed E-state index contributed by atoms with van der Waals surface area (Å²) in [5.41, 5.74) is 2.06. The molecule has 1 heteroatoms. The lowest BCUT2D eigenvalue weighted by Crippen LogP contribution is -2.45. The highest BCUT2D eigenvalue weighted by molar-refractivity contribution is 5.21. The lowest BCUT2D eigenvalue weighted by atomic mass is 9.51. The van der Waals surface area contributed by atoms with Crippen LogP contribution in [-0.2, 0) is 0 Å². The molecule has 0 saturated heterocycles. The molecule has 0 amide bonds. The quantitative estimate of drug-likeness (QED) is 0.654. The van der Waals surface area contributed by atoms with Gasteiger partial charge in [0.15, 0.2) is 0 Å². The average molecular weight is 208 g/mol. The number of hydrogen-bond donors (Lipinski definition) is 1. The first-order valence-corrected chi connectivity index (χ1v) is 6.31. The van der Waals surface area contributed by atoms with Gasteiger partial charge in [-0.05, 0) is 48.0 Å². The lowest BCUT2D eigenvalue weighted by molar-refractivity contribution is 0.00800. The summed E-state index contributed by atoms with van der Waals surface area (Å²) < 4.78 is 0. The second kappa shape index (κ2) is 3.62. The van der Waals surface area contributed by atoms with Gasteiger partial charge < -0.3 is 5.11 Å². The Morgan fingerprint density at radius 1 is 1.33 bits per heavy atom. The van der Waals surface area contributed by atoms with E-state index in [4.69, 9.17) is 0 Å². The molecule has 15 heavy (non-hydrogen) atoms. The number of aliphatic hydroxyl groups excluding tert-OH is 1. The highest BCUT2D eigenvalue weighted by Gasteiger charge is 2.48. The van der Waals surface area contributed by atoms with Gasteiger partial charge in [0.05, 0.1) is 6.61 Å². The van der Waals surface area contributed by atoms with Crippen molar-refractivity contribution in [3.05, 3.63) is 11.6 Å². The second-order valence-corrected chi connectivity index (χ2v) is 6.28. The van der Waals surface area contributed by atoms with Crippen LogP contribution in [0.25, 0.3) is 0 Å². The van der Waals surface area contributed by atoms with E-state index in [2.05, 4.69) is 26.8 Å². The van der Waals surface area contributed by atoms with E-state index in [0.717, 1.165) is 5.92 Å². The van der Waals surface area contributed by atoms with E-state index in [1.807, 2.05) is 0 Å². The van der Waals surface area contributed by atoms with E-state index in [0.29, 0.717) is 5.41 Å². The molecular weight excluding hydrogens is 184 g/mol. The van der Waals surface area contributed by atoms with Crippen LogP contribution in [0.1, 0.15) is 52.9 Å². The minimum atomic E-state index is 0.267. The molecule has 2 aliphatic carbocycles. The molecular formula is C14H24O. The molecule has 1 nitrogen and oxygen atoms in total. The molecule has 2 aliphatic rings. The molecule has 86 valence electrons. The summed E-state index contributed by atoms with van der Waals surface area (Å²) >= 11 is 0. The van der Waals surface area contributed by atoms with Crippen LogP contribution in [0, 0.1) is 16.7 Å². The van der Waals surface area contributed by atoms with Crippen molar-refractivity contribution >= 4 is 0 Å². The maximum absolute atomic E-state index is 9.50. The summed E-state index contributed by atoms with van der Waals surface area (Å²) in [5, 5.41) is 9.50. The fourth-order valence-corrected chi connectivity index (χ4v) is 4.12. The first kappa shape index (κ1) is 11.2. The largest absolute Gasteiger partial charge is 0.392 e. The van der Waals surface area contributed by atoms with E-state index in [1.165, 1.54) is 37.7 Å². The Balaban J connectivity index is 2.35. The normalized spacial score (nSPS) is 39.5. The smallest absolute Gasteiger partial charge is 0.0647 e. The first-order chi connectivity index (χ1) is 7.00. The third kappa shape index (κ3) is 1.65. The molecule has 2 atom stereocenters. The zero-order valence-electron chi connectivity index (χ0n) is 10.3. The van der Waals surface area contributed by atoms with E-state index < -0.39 is 0 Å². The predicted octanol–water partition coefficient (Wildman–Crippen LogP) is 3.53. The summed E-state index contributed by atoms with van der Waals surface area (Å²) in [6.07, 6.45) is 8.71. The summed E-state index contributed by atoms with van der Waals surface area (Å²) in [6, 6.07) is 0. The molecule has 0 aliphatic heterocycles. The van der Waals surface area contributed by atoms with Gasteiger partial charge in [0, 0.05) is 0 Å². The molecule has 2 rings (SSSR count). The summed E-state index contributed by atoms with van der Waals surface area (Å²) in [7, 11) is 0. The van der Waals surface area contributed by atoms with Crippen LogP contribution < -0.4 is 0 Å². The van der Waals surface area contributed by atoms with E-state index in [9.17, 15) is 5.11 Å². The summed E-state index contributed by atoms with van der Waals surface area (Å²) in [5.74, 6) is 0.769. The Morgan fingerprint density at radius 3 is 2.73 bits per heavy atom. The van der Waals surface area contributed by atoms with Crippen LogP contribution in [0.15, 0.2) is 11.6 Å². The van der Waals surface area contributed by atoms with Crippen molar-refractivity contribution < 1.29 is 5.11 Å². The minimum absolute atomic E-state index is 0.267. The fourth-order valence-electron chi connectivity index (χ4n) is 4.12. The fraction of sp³-hybridized carbons (Fsp3) is 0.857. The number of allylic oxidation sites excluding steroid dienone is 1. The number of aliphatic hydroxyl groups is 1. The van der Waals surface area contributed by atoms with Gasteiger partial charge in [-0.2, -0.15) is 0 Å². The maximum Gasteiger partial charge on any atom is 0.0647 e. The van der Waals surface area contributed by atoms with Gasteiger partial charge in [0.25, 0.3) is 0 Å². The molecule has 0 spiro atoms. The highest BCUT2D eigenvalue weighted by atomic mass is 16.3. The topological polar surface area (TPSA) is 20.2 Å². The van der Waals surface area contributed by atoms with Crippen molar-refractivity contribution in [2.75, 3.05) is 6.61 Å². The molecule has 0 radical (unpaired) electrons. The standard InChI is InChI=1S/C14H24O/c1-13(2)8-5-9-14(3)11(10-15)6-4-7-12(13)14/h6,12,15H,4-5,7-10H2,1-3H3/t12-,14+/m0/s1. The van der Waals surface area contributed by atoms with Crippen molar-refractivity contribution in [2.45, 2.75) is 52.9 Å². The Morgan fingerprint density at radius 2 is 2.07 bits per heavy atom. The highest BCUT2D eigenvalue weighted by Crippen LogP contribution is 2.57. The van der Waals surface area contributed by atoms with E-state index in [-0.39, 0.29) is 12.0 Å². The van der Waals surface area contributed by atoms with Crippen molar-refractivity contribution in [1.29, 1.82) is 0 Å². The third-order valence-corrected chi connectivity index (χ3v) is 4.98. The van der Waals surface area contributed by atoms with Gasteiger partial charge in [0.1, 0.15) is 0 Å². The molecule has 1 N–H and O–H groups in total. The number of hydrogen-bond acceptors (Lipinski definition) is 1. The van der Waals surface area contributed by atoms with Crippen molar-refractivity contribution in [1.82, 2.24) is 0 Å². The van der Waals surface area contributed by atoms with Crippen LogP contribution >= 0.6 is 0 Å². The Bertz CT molecular complexity index is 277. The zero-order valence-corrected chi connectivity index (χ0v) is 10.3. The van der Waals surface area contributed by atoms with Crippen molar-refractivity contribution in [3.8, 4) is 0 Å². The third-order valence-electron chi connectivity index (χ3n) is 4.98. The van der Waals surface area contributed by atoms with Crippen LogP contribution in [0.5, 0.6) is 0 Å². The maximum atomic E-state index is 9.50. The predicted molar refractivity (Wildman–Crippen MR) is 63.6 cm³/mol. The molecule has 0 aromatic heterocycles. The van der Waals surface area contributed by atoms with Crippen LogP contribution in [-0.4, -0.2) is 11.7 Å². The van der Waals surface area contributed by atoms with E-state index in [1.54, 1.807) is 0 Å². The minimum Gasteiger partial charge on any atom is -0.392 e. The molecule has 0 bridgehead atoms. The first-order valence-electron chi connectivity index (χ1n) is 6.31. The van der Waals surface area contributed by atoms with Crippen LogP contribution in [0.4, 0.5) is 0 Å². The summed E-state index contributed by atoms with van der Waals surface area (Å²) in [6.45, 7) is 7.47. The van der Waals surface area contributed by atoms with Gasteiger partial charge in [-0.25, -0.2) is 0 Å². The van der Waals surface area contributed by atoms with Gasteiger partial charge in [-0.1, -0.05) is 33.3 Å². The van der Waals surface area contributed by atoms with Crippen molar-refractivity contribution in [3.63, 3.8) is 0 Å². The Labute approximate surface area is 93.6 Å². The Kier molecular flexibility index (Phi) is 2.70. The van der Waals surface area contributed by atoms with Gasteiger partial charge >= 0.3 is 0 Å². The number of rotatable bonds is 1. The molecule has 0 aromatic rings. The van der Waals surface area contributed by atoms with Crippen molar-refractivity contribution in [2.24, 2.45) is 16.7 Å². The molecule has 0 aromatic carbocycles. The van der Waals surface area contributed by atoms with Crippen LogP contribution in [0.2, 0.25) is 0 Å². The zero-order chi connectivity index (χ0) is 11.1. The summed E-state index contributed by atoms with van der Waals surface area (Å²) in [4.78, 5) is 0. The monoisotopic (exact) mass is 208 g/mol. The van der Waals surface area contributed by atoms with Gasteiger partial charge in [-0.15, -0.1) is 0 Å². The van der Waals surface area contributed by atoms with Crippen LogP contribution in [0.3, 0.4) is 0 Å². The second-order valence-electron chi connectivity index (χ2n) is 6.28. The lowest BCUT2D eigenvalue weighted by Gasteiger charge is -2.54. The van der Waals surface area contributed by atoms with Gasteiger partial charge in [0.2, 0.25) is 0 Å².